The molecular formula is C10H15BrN2O. The Morgan fingerprint density at radius 2 is 2.29 bits per heavy atom. The van der Waals surface area contributed by atoms with Crippen LogP contribution in [0.15, 0.2) is 22.7 Å². The number of ether oxygens (including phenoxy) is 1. The summed E-state index contributed by atoms with van der Waals surface area (Å²) in [6.07, 6.45) is 0. The highest BCUT2D eigenvalue weighted by atomic mass is 79.9. The lowest BCUT2D eigenvalue weighted by Gasteiger charge is -2.08. The molecule has 0 saturated heterocycles. The van der Waals surface area contributed by atoms with E-state index in [9.17, 15) is 0 Å². The van der Waals surface area contributed by atoms with Crippen molar-refractivity contribution in [3.63, 3.8) is 0 Å². The topological polar surface area (TPSA) is 47.3 Å². The lowest BCUT2D eigenvalue weighted by atomic mass is 10.2. The van der Waals surface area contributed by atoms with E-state index in [2.05, 4.69) is 21.2 Å². The van der Waals surface area contributed by atoms with E-state index in [0.29, 0.717) is 13.2 Å². The number of methoxy groups -OCH3 is 1. The Kier molecular flexibility index (Phi) is 4.93. The van der Waals surface area contributed by atoms with Crippen LogP contribution in [0, 0.1) is 0 Å². The molecule has 0 unspecified atom stereocenters. The zero-order valence-electron chi connectivity index (χ0n) is 8.22. The minimum atomic E-state index is 0.554. The molecule has 0 radical (unpaired) electrons. The Bertz CT molecular complexity index is 291. The predicted molar refractivity (Wildman–Crippen MR) is 62.4 cm³/mol. The molecule has 0 atom stereocenters. The van der Waals surface area contributed by atoms with Gasteiger partial charge in [0.2, 0.25) is 0 Å². The summed E-state index contributed by atoms with van der Waals surface area (Å²) in [6, 6.07) is 6.06. The van der Waals surface area contributed by atoms with E-state index in [1.807, 2.05) is 18.2 Å². The number of hydrogen-bond acceptors (Lipinski definition) is 3. The molecule has 3 N–H and O–H groups in total. The van der Waals surface area contributed by atoms with Crippen LogP contribution in [0.3, 0.4) is 0 Å². The van der Waals surface area contributed by atoms with Crippen molar-refractivity contribution >= 4 is 21.6 Å². The van der Waals surface area contributed by atoms with Crippen LogP contribution in [0.4, 0.5) is 5.69 Å². The van der Waals surface area contributed by atoms with Gasteiger partial charge in [-0.25, -0.2) is 0 Å². The second-order valence-electron chi connectivity index (χ2n) is 2.93. The van der Waals surface area contributed by atoms with Gasteiger partial charge in [-0.05, 0) is 17.7 Å². The zero-order chi connectivity index (χ0) is 10.4. The van der Waals surface area contributed by atoms with E-state index in [0.717, 1.165) is 22.3 Å². The highest BCUT2D eigenvalue weighted by molar-refractivity contribution is 9.10. The van der Waals surface area contributed by atoms with Gasteiger partial charge in [-0.2, -0.15) is 0 Å². The number of halogens is 1. The average Bonchev–Trinajstić information content (AvgIpc) is 2.18. The summed E-state index contributed by atoms with van der Waals surface area (Å²) in [5.41, 5.74) is 7.74. The fourth-order valence-electron chi connectivity index (χ4n) is 1.12. The van der Waals surface area contributed by atoms with Crippen LogP contribution >= 0.6 is 15.9 Å². The highest BCUT2D eigenvalue weighted by Gasteiger charge is 1.98. The summed E-state index contributed by atoms with van der Waals surface area (Å²) in [4.78, 5) is 0. The smallest absolute Gasteiger partial charge is 0.0635 e. The summed E-state index contributed by atoms with van der Waals surface area (Å²) in [5, 5.41) is 3.24. The van der Waals surface area contributed by atoms with Crippen molar-refractivity contribution in [2.24, 2.45) is 5.73 Å². The van der Waals surface area contributed by atoms with E-state index in [1.165, 1.54) is 0 Å². The third-order valence-electron chi connectivity index (χ3n) is 1.91. The third kappa shape index (κ3) is 3.29. The Hall–Kier alpha value is -0.580. The van der Waals surface area contributed by atoms with Crippen molar-refractivity contribution in [2.45, 2.75) is 6.54 Å². The maximum absolute atomic E-state index is 5.55. The van der Waals surface area contributed by atoms with Crippen molar-refractivity contribution in [2.75, 3.05) is 25.6 Å². The molecule has 1 aromatic rings. The molecule has 0 amide bonds. The van der Waals surface area contributed by atoms with E-state index < -0.39 is 0 Å². The summed E-state index contributed by atoms with van der Waals surface area (Å²) in [6.45, 7) is 2.07. The first-order valence-corrected chi connectivity index (χ1v) is 5.28. The number of nitrogens with two attached hydrogens (primary N) is 1. The van der Waals surface area contributed by atoms with Crippen molar-refractivity contribution in [1.29, 1.82) is 0 Å². The Balaban J connectivity index is 2.57. The number of hydrogen-bond donors (Lipinski definition) is 2. The maximum Gasteiger partial charge on any atom is 0.0635 e. The first kappa shape index (κ1) is 11.5. The molecule has 0 saturated carbocycles. The molecule has 0 aliphatic heterocycles. The predicted octanol–water partition coefficient (Wildman–Crippen LogP) is 1.97. The van der Waals surface area contributed by atoms with E-state index >= 15 is 0 Å². The monoisotopic (exact) mass is 258 g/mol. The molecule has 0 spiro atoms. The van der Waals surface area contributed by atoms with Crippen molar-refractivity contribution in [3.05, 3.63) is 28.2 Å². The van der Waals surface area contributed by atoms with E-state index in [-0.39, 0.29) is 0 Å². The van der Waals surface area contributed by atoms with Crippen LogP contribution in [0.25, 0.3) is 0 Å². The first-order valence-electron chi connectivity index (χ1n) is 4.49. The number of rotatable bonds is 5. The Morgan fingerprint density at radius 1 is 1.50 bits per heavy atom. The molecule has 78 valence electrons. The molecule has 1 aromatic carbocycles. The lowest BCUT2D eigenvalue weighted by molar-refractivity contribution is 0.211. The first-order chi connectivity index (χ1) is 6.77. The SMILES string of the molecule is COCCNc1ccc(CN)c(Br)c1. The summed E-state index contributed by atoms with van der Waals surface area (Å²) >= 11 is 3.47. The van der Waals surface area contributed by atoms with Gasteiger partial charge in [-0.3, -0.25) is 0 Å². The number of anilines is 1. The summed E-state index contributed by atoms with van der Waals surface area (Å²) in [7, 11) is 1.69. The van der Waals surface area contributed by atoms with E-state index in [4.69, 9.17) is 10.5 Å². The largest absolute Gasteiger partial charge is 0.383 e. The minimum absolute atomic E-state index is 0.554. The lowest BCUT2D eigenvalue weighted by Crippen LogP contribution is -2.07. The molecule has 0 aromatic heterocycles. The Morgan fingerprint density at radius 3 is 2.86 bits per heavy atom. The van der Waals surface area contributed by atoms with Gasteiger partial charge in [0, 0.05) is 30.4 Å². The van der Waals surface area contributed by atoms with Gasteiger partial charge in [0.05, 0.1) is 6.61 Å². The molecule has 1 rings (SSSR count). The standard InChI is InChI=1S/C10H15BrN2O/c1-14-5-4-13-9-3-2-8(7-12)10(11)6-9/h2-3,6,13H,4-5,7,12H2,1H3. The molecule has 0 aliphatic carbocycles. The second kappa shape index (κ2) is 6.01. The minimum Gasteiger partial charge on any atom is -0.383 e. The van der Waals surface area contributed by atoms with Crippen LogP contribution in [-0.2, 0) is 11.3 Å². The maximum atomic E-state index is 5.55. The normalized spacial score (nSPS) is 10.2. The molecule has 3 nitrogen and oxygen atoms in total. The van der Waals surface area contributed by atoms with Crippen molar-refractivity contribution in [1.82, 2.24) is 0 Å². The van der Waals surface area contributed by atoms with Gasteiger partial charge in [-0.1, -0.05) is 22.0 Å². The number of nitrogens with one attached hydrogen (secondary N) is 1. The fraction of sp³-hybridized carbons (Fsp3) is 0.400. The van der Waals surface area contributed by atoms with Crippen LogP contribution < -0.4 is 11.1 Å². The van der Waals surface area contributed by atoms with Crippen LogP contribution in [0.2, 0.25) is 0 Å². The van der Waals surface area contributed by atoms with Gasteiger partial charge in [0.1, 0.15) is 0 Å². The molecule has 0 aliphatic rings. The third-order valence-corrected chi connectivity index (χ3v) is 2.65. The molecule has 14 heavy (non-hydrogen) atoms. The quantitative estimate of drug-likeness (QED) is 0.795. The van der Waals surface area contributed by atoms with Crippen molar-refractivity contribution in [3.8, 4) is 0 Å². The molecule has 0 fully saturated rings. The summed E-state index contributed by atoms with van der Waals surface area (Å²) in [5.74, 6) is 0. The average molecular weight is 259 g/mol. The van der Waals surface area contributed by atoms with Gasteiger partial charge in [0.25, 0.3) is 0 Å². The van der Waals surface area contributed by atoms with Gasteiger partial charge < -0.3 is 15.8 Å². The highest BCUT2D eigenvalue weighted by Crippen LogP contribution is 2.20. The van der Waals surface area contributed by atoms with Gasteiger partial charge >= 0.3 is 0 Å². The van der Waals surface area contributed by atoms with E-state index in [1.54, 1.807) is 7.11 Å². The number of benzene rings is 1. The zero-order valence-corrected chi connectivity index (χ0v) is 9.80. The van der Waals surface area contributed by atoms with Gasteiger partial charge in [-0.15, -0.1) is 0 Å². The second-order valence-corrected chi connectivity index (χ2v) is 3.78. The molecule has 4 heteroatoms. The molecule has 0 heterocycles. The fourth-order valence-corrected chi connectivity index (χ4v) is 1.66. The van der Waals surface area contributed by atoms with Crippen molar-refractivity contribution < 1.29 is 4.74 Å². The van der Waals surface area contributed by atoms with Gasteiger partial charge in [0.15, 0.2) is 0 Å². The Labute approximate surface area is 92.8 Å². The molecular weight excluding hydrogens is 244 g/mol. The van der Waals surface area contributed by atoms with Crippen LogP contribution in [0.5, 0.6) is 0 Å². The van der Waals surface area contributed by atoms with Crippen LogP contribution in [0.1, 0.15) is 5.56 Å². The molecule has 0 bridgehead atoms. The summed E-state index contributed by atoms with van der Waals surface area (Å²) < 4.78 is 5.99. The van der Waals surface area contributed by atoms with Crippen LogP contribution in [-0.4, -0.2) is 20.3 Å².